The topological polar surface area (TPSA) is 64.4 Å². The van der Waals surface area contributed by atoms with E-state index in [-0.39, 0.29) is 18.1 Å². The van der Waals surface area contributed by atoms with E-state index in [4.69, 9.17) is 22.1 Å². The van der Waals surface area contributed by atoms with Crippen LogP contribution >= 0.6 is 11.6 Å². The Morgan fingerprint density at radius 3 is 2.88 bits per heavy atom. The zero-order valence-electron chi connectivity index (χ0n) is 9.57. The van der Waals surface area contributed by atoms with Gasteiger partial charge >= 0.3 is 0 Å². The molecule has 1 saturated heterocycles. The molecule has 5 heteroatoms. The molecule has 1 aromatic rings. The summed E-state index contributed by atoms with van der Waals surface area (Å²) in [5.41, 5.74) is 6.75. The van der Waals surface area contributed by atoms with Crippen molar-refractivity contribution in [3.63, 3.8) is 0 Å². The van der Waals surface area contributed by atoms with Crippen molar-refractivity contribution in [3.05, 3.63) is 23.2 Å². The van der Waals surface area contributed by atoms with Crippen LogP contribution in [0.25, 0.3) is 0 Å². The fourth-order valence-electron chi connectivity index (χ4n) is 1.84. The van der Waals surface area contributed by atoms with Gasteiger partial charge in [-0.25, -0.2) is 0 Å². The second-order valence-electron chi connectivity index (χ2n) is 4.24. The molecule has 0 saturated carbocycles. The number of ether oxygens (including phenoxy) is 1. The summed E-state index contributed by atoms with van der Waals surface area (Å²) in [7, 11) is 0. The second-order valence-corrected chi connectivity index (χ2v) is 4.65. The molecule has 1 aromatic carbocycles. The minimum absolute atomic E-state index is 0.129. The van der Waals surface area contributed by atoms with E-state index in [0.717, 1.165) is 12.8 Å². The summed E-state index contributed by atoms with van der Waals surface area (Å²) < 4.78 is 5.48. The number of carbonyl (C=O) groups is 1. The van der Waals surface area contributed by atoms with E-state index in [0.29, 0.717) is 16.4 Å². The van der Waals surface area contributed by atoms with Crippen LogP contribution in [0.15, 0.2) is 18.2 Å². The molecule has 1 aliphatic rings. The minimum Gasteiger partial charge on any atom is -0.397 e. The number of amides is 1. The summed E-state index contributed by atoms with van der Waals surface area (Å²) in [6.07, 6.45) is 1.47. The molecule has 0 aromatic heterocycles. The van der Waals surface area contributed by atoms with Crippen molar-refractivity contribution in [1.82, 2.24) is 0 Å². The highest BCUT2D eigenvalue weighted by molar-refractivity contribution is 6.33. The second kappa shape index (κ2) is 4.94. The Morgan fingerprint density at radius 1 is 1.53 bits per heavy atom. The number of nitrogens with two attached hydrogens (primary N) is 1. The van der Waals surface area contributed by atoms with E-state index in [9.17, 15) is 4.79 Å². The van der Waals surface area contributed by atoms with E-state index in [1.54, 1.807) is 18.2 Å². The molecule has 0 radical (unpaired) electrons. The number of nitrogens with one attached hydrogen (secondary N) is 1. The molecule has 0 bridgehead atoms. The summed E-state index contributed by atoms with van der Waals surface area (Å²) in [4.78, 5) is 11.8. The lowest BCUT2D eigenvalue weighted by molar-refractivity contribution is -0.126. The molecule has 2 atom stereocenters. The Labute approximate surface area is 105 Å². The Balaban J connectivity index is 2.00. The summed E-state index contributed by atoms with van der Waals surface area (Å²) in [6.45, 7) is 1.97. The molecule has 3 N–H and O–H groups in total. The maximum absolute atomic E-state index is 11.8. The summed E-state index contributed by atoms with van der Waals surface area (Å²) in [5.74, 6) is -0.129. The van der Waals surface area contributed by atoms with E-state index in [1.807, 2.05) is 6.92 Å². The molecule has 17 heavy (non-hydrogen) atoms. The molecule has 1 fully saturated rings. The highest BCUT2D eigenvalue weighted by atomic mass is 35.5. The molecule has 4 nitrogen and oxygen atoms in total. The molecule has 2 unspecified atom stereocenters. The first-order valence-corrected chi connectivity index (χ1v) is 5.95. The third-order valence-corrected chi connectivity index (χ3v) is 3.13. The molecule has 2 rings (SSSR count). The molecule has 0 aliphatic carbocycles. The number of benzene rings is 1. The van der Waals surface area contributed by atoms with E-state index in [1.165, 1.54) is 0 Å². The van der Waals surface area contributed by atoms with Crippen molar-refractivity contribution < 1.29 is 9.53 Å². The largest absolute Gasteiger partial charge is 0.397 e. The van der Waals surface area contributed by atoms with Gasteiger partial charge in [0, 0.05) is 5.69 Å². The van der Waals surface area contributed by atoms with Crippen LogP contribution in [0.3, 0.4) is 0 Å². The number of hydrogen-bond acceptors (Lipinski definition) is 3. The van der Waals surface area contributed by atoms with Crippen molar-refractivity contribution in [3.8, 4) is 0 Å². The monoisotopic (exact) mass is 254 g/mol. The van der Waals surface area contributed by atoms with Crippen LogP contribution in [-0.4, -0.2) is 18.1 Å². The predicted octanol–water partition coefficient (Wildman–Crippen LogP) is 2.43. The maximum atomic E-state index is 11.8. The Morgan fingerprint density at radius 2 is 2.29 bits per heavy atom. The Hall–Kier alpha value is -1.26. The van der Waals surface area contributed by atoms with Crippen LogP contribution < -0.4 is 11.1 Å². The molecule has 92 valence electrons. The van der Waals surface area contributed by atoms with Gasteiger partial charge in [0.15, 0.2) is 0 Å². The van der Waals surface area contributed by atoms with E-state index >= 15 is 0 Å². The zero-order valence-corrected chi connectivity index (χ0v) is 10.3. The quantitative estimate of drug-likeness (QED) is 0.797. The van der Waals surface area contributed by atoms with Gasteiger partial charge in [-0.1, -0.05) is 11.6 Å². The normalized spacial score (nSPS) is 23.6. The van der Waals surface area contributed by atoms with Gasteiger partial charge < -0.3 is 15.8 Å². The van der Waals surface area contributed by atoms with Crippen molar-refractivity contribution in [1.29, 1.82) is 0 Å². The fraction of sp³-hybridized carbons (Fsp3) is 0.417. The van der Waals surface area contributed by atoms with Crippen LogP contribution in [-0.2, 0) is 9.53 Å². The first kappa shape index (κ1) is 12.2. The van der Waals surface area contributed by atoms with Gasteiger partial charge in [0.2, 0.25) is 0 Å². The van der Waals surface area contributed by atoms with Crippen LogP contribution in [0.4, 0.5) is 11.4 Å². The summed E-state index contributed by atoms with van der Waals surface area (Å²) >= 11 is 5.80. The lowest BCUT2D eigenvalue weighted by atomic mass is 10.2. The van der Waals surface area contributed by atoms with Crippen LogP contribution in [0, 0.1) is 0 Å². The number of carbonyl (C=O) groups excluding carboxylic acids is 1. The number of rotatable bonds is 2. The Kier molecular flexibility index (Phi) is 3.54. The number of anilines is 2. The van der Waals surface area contributed by atoms with Crippen molar-refractivity contribution >= 4 is 28.9 Å². The smallest absolute Gasteiger partial charge is 0.253 e. The lowest BCUT2D eigenvalue weighted by Crippen LogP contribution is -2.27. The Bertz CT molecular complexity index is 437. The first-order valence-electron chi connectivity index (χ1n) is 5.57. The third-order valence-electron chi connectivity index (χ3n) is 2.79. The van der Waals surface area contributed by atoms with Gasteiger partial charge in [-0.2, -0.15) is 0 Å². The fourth-order valence-corrected chi connectivity index (χ4v) is 1.96. The third kappa shape index (κ3) is 2.90. The van der Waals surface area contributed by atoms with Gasteiger partial charge in [0.05, 0.1) is 16.8 Å². The molecule has 1 heterocycles. The highest BCUT2D eigenvalue weighted by Crippen LogP contribution is 2.24. The SMILES string of the molecule is CC1CCC(C(=O)Nc2ccc(Cl)c(N)c2)O1. The summed E-state index contributed by atoms with van der Waals surface area (Å²) in [5, 5.41) is 3.25. The number of halogens is 1. The molecule has 1 aliphatic heterocycles. The van der Waals surface area contributed by atoms with Crippen LogP contribution in [0.1, 0.15) is 19.8 Å². The van der Waals surface area contributed by atoms with Gasteiger partial charge in [-0.05, 0) is 38.0 Å². The van der Waals surface area contributed by atoms with Gasteiger partial charge in [0.1, 0.15) is 6.10 Å². The molecular formula is C12H15ClN2O2. The minimum atomic E-state index is -0.359. The lowest BCUT2D eigenvalue weighted by Gasteiger charge is -2.12. The van der Waals surface area contributed by atoms with E-state index in [2.05, 4.69) is 5.32 Å². The number of nitrogen functional groups attached to an aromatic ring is 1. The van der Waals surface area contributed by atoms with Crippen molar-refractivity contribution in [2.45, 2.75) is 32.0 Å². The first-order chi connectivity index (χ1) is 8.06. The molecule has 0 spiro atoms. The molecular weight excluding hydrogens is 240 g/mol. The van der Waals surface area contributed by atoms with Crippen molar-refractivity contribution in [2.24, 2.45) is 0 Å². The summed E-state index contributed by atoms with van der Waals surface area (Å²) in [6, 6.07) is 5.01. The highest BCUT2D eigenvalue weighted by Gasteiger charge is 2.28. The average Bonchev–Trinajstić information content (AvgIpc) is 2.70. The van der Waals surface area contributed by atoms with Crippen LogP contribution in [0.5, 0.6) is 0 Å². The molecule has 1 amide bonds. The van der Waals surface area contributed by atoms with Crippen molar-refractivity contribution in [2.75, 3.05) is 11.1 Å². The van der Waals surface area contributed by atoms with Gasteiger partial charge in [0.25, 0.3) is 5.91 Å². The standard InChI is InChI=1S/C12H15ClN2O2/c1-7-2-5-11(17-7)12(16)15-8-3-4-9(13)10(14)6-8/h3-4,6-7,11H,2,5,14H2,1H3,(H,15,16). The zero-order chi connectivity index (χ0) is 12.4. The van der Waals surface area contributed by atoms with Crippen LogP contribution in [0.2, 0.25) is 5.02 Å². The van der Waals surface area contributed by atoms with Gasteiger partial charge in [-0.3, -0.25) is 4.79 Å². The predicted molar refractivity (Wildman–Crippen MR) is 68.1 cm³/mol. The van der Waals surface area contributed by atoms with E-state index < -0.39 is 0 Å². The maximum Gasteiger partial charge on any atom is 0.253 e. The average molecular weight is 255 g/mol. The number of hydrogen-bond donors (Lipinski definition) is 2. The van der Waals surface area contributed by atoms with Gasteiger partial charge in [-0.15, -0.1) is 0 Å².